The van der Waals surface area contributed by atoms with Crippen LogP contribution in [0.5, 0.6) is 0 Å². The summed E-state index contributed by atoms with van der Waals surface area (Å²) in [7, 11) is 1.71. The molecule has 1 aliphatic carbocycles. The van der Waals surface area contributed by atoms with E-state index in [1.54, 1.807) is 11.9 Å². The molecule has 1 fully saturated rings. The third-order valence-corrected chi connectivity index (χ3v) is 3.05. The molecule has 1 rings (SSSR count). The number of hydrogen-bond acceptors (Lipinski definition) is 2. The van der Waals surface area contributed by atoms with E-state index in [9.17, 15) is 4.79 Å². The molecular weight excluding hydrogens is 176 g/mol. The van der Waals surface area contributed by atoms with Gasteiger partial charge < -0.3 is 4.90 Å². The third kappa shape index (κ3) is 2.73. The zero-order chi connectivity index (χ0) is 10.6. The molecule has 0 spiro atoms. The second-order valence-electron chi connectivity index (χ2n) is 4.31. The van der Waals surface area contributed by atoms with Crippen LogP contribution >= 0.6 is 0 Å². The van der Waals surface area contributed by atoms with Gasteiger partial charge in [0.05, 0.1) is 6.07 Å². The first-order chi connectivity index (χ1) is 6.65. The van der Waals surface area contributed by atoms with Crippen LogP contribution in [0.4, 0.5) is 0 Å². The van der Waals surface area contributed by atoms with Gasteiger partial charge in [-0.1, -0.05) is 6.92 Å². The number of rotatable bonds is 2. The molecule has 78 valence electrons. The Bertz CT molecular complexity index is 236. The van der Waals surface area contributed by atoms with E-state index in [1.807, 2.05) is 6.07 Å². The van der Waals surface area contributed by atoms with Crippen molar-refractivity contribution in [2.45, 2.75) is 32.6 Å². The Labute approximate surface area is 85.7 Å². The lowest BCUT2D eigenvalue weighted by molar-refractivity contribution is -0.134. The summed E-state index contributed by atoms with van der Waals surface area (Å²) in [5.41, 5.74) is 0. The van der Waals surface area contributed by atoms with Gasteiger partial charge in [-0.25, -0.2) is 0 Å². The SMILES string of the molecule is CC1CCC(C(=O)N(C)CC#N)CC1. The second kappa shape index (κ2) is 4.99. The average Bonchev–Trinajstić information content (AvgIpc) is 2.18. The molecule has 0 aromatic carbocycles. The van der Waals surface area contributed by atoms with Crippen LogP contribution in [0.25, 0.3) is 0 Å². The van der Waals surface area contributed by atoms with Crippen molar-refractivity contribution in [3.63, 3.8) is 0 Å². The molecule has 0 bridgehead atoms. The number of nitrogens with zero attached hydrogens (tertiary/aromatic N) is 2. The van der Waals surface area contributed by atoms with Gasteiger partial charge in [0.1, 0.15) is 6.54 Å². The van der Waals surface area contributed by atoms with E-state index in [4.69, 9.17) is 5.26 Å². The first-order valence-corrected chi connectivity index (χ1v) is 5.27. The van der Waals surface area contributed by atoms with Crippen LogP contribution in [0.15, 0.2) is 0 Å². The van der Waals surface area contributed by atoms with E-state index in [2.05, 4.69) is 6.92 Å². The smallest absolute Gasteiger partial charge is 0.226 e. The number of hydrogen-bond donors (Lipinski definition) is 0. The maximum absolute atomic E-state index is 11.8. The molecule has 0 saturated heterocycles. The lowest BCUT2D eigenvalue weighted by Crippen LogP contribution is -2.34. The lowest BCUT2D eigenvalue weighted by atomic mass is 9.82. The summed E-state index contributed by atoms with van der Waals surface area (Å²) in [5.74, 6) is 1.09. The summed E-state index contributed by atoms with van der Waals surface area (Å²) < 4.78 is 0. The molecule has 3 nitrogen and oxygen atoms in total. The fourth-order valence-electron chi connectivity index (χ4n) is 2.00. The van der Waals surface area contributed by atoms with E-state index in [1.165, 1.54) is 0 Å². The van der Waals surface area contributed by atoms with Gasteiger partial charge in [-0.3, -0.25) is 4.79 Å². The Morgan fingerprint density at radius 3 is 2.50 bits per heavy atom. The van der Waals surface area contributed by atoms with Crippen molar-refractivity contribution < 1.29 is 4.79 Å². The Kier molecular flexibility index (Phi) is 3.94. The van der Waals surface area contributed by atoms with Crippen LogP contribution in [0, 0.1) is 23.2 Å². The number of carbonyl (C=O) groups excluding carboxylic acids is 1. The predicted octanol–water partition coefficient (Wildman–Crippen LogP) is 1.79. The van der Waals surface area contributed by atoms with Crippen molar-refractivity contribution in [3.8, 4) is 6.07 Å². The van der Waals surface area contributed by atoms with Crippen LogP contribution in [0.2, 0.25) is 0 Å². The van der Waals surface area contributed by atoms with Crippen molar-refractivity contribution in [1.29, 1.82) is 5.26 Å². The molecule has 0 radical (unpaired) electrons. The number of carbonyl (C=O) groups is 1. The van der Waals surface area contributed by atoms with E-state index in [0.717, 1.165) is 31.6 Å². The summed E-state index contributed by atoms with van der Waals surface area (Å²) in [4.78, 5) is 13.3. The van der Waals surface area contributed by atoms with Gasteiger partial charge in [0.15, 0.2) is 0 Å². The fourth-order valence-corrected chi connectivity index (χ4v) is 2.00. The van der Waals surface area contributed by atoms with Crippen LogP contribution < -0.4 is 0 Å². The minimum absolute atomic E-state index is 0.151. The molecule has 0 aromatic heterocycles. The number of nitriles is 1. The molecular formula is C11H18N2O. The van der Waals surface area contributed by atoms with E-state index < -0.39 is 0 Å². The van der Waals surface area contributed by atoms with Crippen molar-refractivity contribution in [2.75, 3.05) is 13.6 Å². The van der Waals surface area contributed by atoms with Gasteiger partial charge in [0, 0.05) is 13.0 Å². The molecule has 1 amide bonds. The molecule has 0 aliphatic heterocycles. The Balaban J connectivity index is 2.42. The predicted molar refractivity (Wildman–Crippen MR) is 54.4 cm³/mol. The molecule has 14 heavy (non-hydrogen) atoms. The monoisotopic (exact) mass is 194 g/mol. The maximum Gasteiger partial charge on any atom is 0.226 e. The average molecular weight is 194 g/mol. The van der Waals surface area contributed by atoms with Gasteiger partial charge in [0.2, 0.25) is 5.91 Å². The summed E-state index contributed by atoms with van der Waals surface area (Å²) in [5, 5.41) is 8.48. The molecule has 0 heterocycles. The Morgan fingerprint density at radius 1 is 1.43 bits per heavy atom. The fraction of sp³-hybridized carbons (Fsp3) is 0.818. The molecule has 1 aliphatic rings. The molecule has 0 aromatic rings. The van der Waals surface area contributed by atoms with Crippen LogP contribution in [0.3, 0.4) is 0 Å². The minimum Gasteiger partial charge on any atom is -0.332 e. The highest BCUT2D eigenvalue weighted by Gasteiger charge is 2.26. The zero-order valence-electron chi connectivity index (χ0n) is 8.99. The maximum atomic E-state index is 11.8. The Hall–Kier alpha value is -1.04. The second-order valence-corrected chi connectivity index (χ2v) is 4.31. The summed E-state index contributed by atoms with van der Waals surface area (Å²) in [6, 6.07) is 2.00. The summed E-state index contributed by atoms with van der Waals surface area (Å²) in [6.45, 7) is 2.45. The van der Waals surface area contributed by atoms with E-state index in [0.29, 0.717) is 0 Å². The first kappa shape index (κ1) is 11.0. The Morgan fingerprint density at radius 2 is 2.00 bits per heavy atom. The molecule has 3 heteroatoms. The molecule has 0 atom stereocenters. The normalized spacial score (nSPS) is 26.6. The van der Waals surface area contributed by atoms with Crippen molar-refractivity contribution in [1.82, 2.24) is 4.90 Å². The summed E-state index contributed by atoms with van der Waals surface area (Å²) >= 11 is 0. The minimum atomic E-state index is 0.151. The largest absolute Gasteiger partial charge is 0.332 e. The van der Waals surface area contributed by atoms with Gasteiger partial charge in [-0.05, 0) is 31.6 Å². The lowest BCUT2D eigenvalue weighted by Gasteiger charge is -2.27. The van der Waals surface area contributed by atoms with Crippen LogP contribution in [-0.2, 0) is 4.79 Å². The van der Waals surface area contributed by atoms with Gasteiger partial charge >= 0.3 is 0 Å². The van der Waals surface area contributed by atoms with E-state index in [-0.39, 0.29) is 18.4 Å². The molecule has 0 N–H and O–H groups in total. The first-order valence-electron chi connectivity index (χ1n) is 5.27. The molecule has 1 saturated carbocycles. The van der Waals surface area contributed by atoms with Crippen molar-refractivity contribution >= 4 is 5.91 Å². The van der Waals surface area contributed by atoms with Crippen LogP contribution in [0.1, 0.15) is 32.6 Å². The number of amides is 1. The van der Waals surface area contributed by atoms with Crippen molar-refractivity contribution in [3.05, 3.63) is 0 Å². The van der Waals surface area contributed by atoms with Gasteiger partial charge in [0.25, 0.3) is 0 Å². The zero-order valence-corrected chi connectivity index (χ0v) is 8.99. The summed E-state index contributed by atoms with van der Waals surface area (Å²) in [6.07, 6.45) is 4.29. The van der Waals surface area contributed by atoms with Crippen LogP contribution in [-0.4, -0.2) is 24.4 Å². The topological polar surface area (TPSA) is 44.1 Å². The highest BCUT2D eigenvalue weighted by Crippen LogP contribution is 2.29. The quantitative estimate of drug-likeness (QED) is 0.629. The van der Waals surface area contributed by atoms with Gasteiger partial charge in [-0.15, -0.1) is 0 Å². The molecule has 0 unspecified atom stereocenters. The highest BCUT2D eigenvalue weighted by atomic mass is 16.2. The van der Waals surface area contributed by atoms with Gasteiger partial charge in [-0.2, -0.15) is 5.26 Å². The standard InChI is InChI=1S/C11H18N2O/c1-9-3-5-10(6-4-9)11(14)13(2)8-7-12/h9-10H,3-6,8H2,1-2H3. The van der Waals surface area contributed by atoms with E-state index >= 15 is 0 Å². The van der Waals surface area contributed by atoms with Crippen molar-refractivity contribution in [2.24, 2.45) is 11.8 Å². The third-order valence-electron chi connectivity index (χ3n) is 3.05. The highest BCUT2D eigenvalue weighted by molar-refractivity contribution is 5.78.